The van der Waals surface area contributed by atoms with Crippen molar-refractivity contribution in [2.45, 2.75) is 58.0 Å². The van der Waals surface area contributed by atoms with Gasteiger partial charge in [-0.3, -0.25) is 9.59 Å². The van der Waals surface area contributed by atoms with E-state index in [1.54, 1.807) is 0 Å². The Hall–Kier alpha value is -1.59. The topological polar surface area (TPSA) is 52.7 Å². The van der Waals surface area contributed by atoms with Gasteiger partial charge in [-0.15, -0.1) is 12.4 Å². The Bertz CT molecular complexity index is 704. The van der Waals surface area contributed by atoms with Crippen molar-refractivity contribution in [2.75, 3.05) is 26.2 Å². The van der Waals surface area contributed by atoms with Gasteiger partial charge < -0.3 is 15.1 Å². The second-order valence-corrected chi connectivity index (χ2v) is 8.59. The van der Waals surface area contributed by atoms with Gasteiger partial charge in [-0.25, -0.2) is 0 Å². The van der Waals surface area contributed by atoms with Crippen molar-refractivity contribution in [1.82, 2.24) is 15.1 Å². The summed E-state index contributed by atoms with van der Waals surface area (Å²) in [5.74, 6) is 0.304. The normalized spacial score (nSPS) is 27.1. The number of aryl methyl sites for hydroxylation is 2. The Morgan fingerprint density at radius 3 is 2.46 bits per heavy atom. The van der Waals surface area contributed by atoms with Gasteiger partial charge in [0.15, 0.2) is 0 Å². The molecule has 154 valence electrons. The summed E-state index contributed by atoms with van der Waals surface area (Å²) in [5.41, 5.74) is 2.97. The van der Waals surface area contributed by atoms with Crippen LogP contribution >= 0.6 is 12.4 Å². The highest BCUT2D eigenvalue weighted by Crippen LogP contribution is 2.31. The molecule has 0 aliphatic carbocycles. The first kappa shape index (κ1) is 21.1. The van der Waals surface area contributed by atoms with Crippen LogP contribution in [-0.4, -0.2) is 59.9 Å². The van der Waals surface area contributed by atoms with E-state index >= 15 is 0 Å². The third kappa shape index (κ3) is 4.20. The average Bonchev–Trinajstić information content (AvgIpc) is 2.92. The van der Waals surface area contributed by atoms with Crippen LogP contribution in [0, 0.1) is 19.8 Å². The van der Waals surface area contributed by atoms with Crippen LogP contribution in [0.2, 0.25) is 0 Å². The van der Waals surface area contributed by atoms with Crippen LogP contribution in [0.3, 0.4) is 0 Å². The van der Waals surface area contributed by atoms with Gasteiger partial charge in [0.25, 0.3) is 5.91 Å². The maximum atomic E-state index is 13.3. The molecule has 2 bridgehead atoms. The van der Waals surface area contributed by atoms with E-state index in [2.05, 4.69) is 16.3 Å². The quantitative estimate of drug-likeness (QED) is 0.823. The molecule has 3 unspecified atom stereocenters. The highest BCUT2D eigenvalue weighted by atomic mass is 35.5. The first-order chi connectivity index (χ1) is 13.0. The van der Waals surface area contributed by atoms with E-state index in [-0.39, 0.29) is 30.1 Å². The van der Waals surface area contributed by atoms with Gasteiger partial charge in [0, 0.05) is 37.3 Å². The fourth-order valence-electron chi connectivity index (χ4n) is 5.20. The van der Waals surface area contributed by atoms with Crippen LogP contribution in [0.25, 0.3) is 0 Å². The molecule has 1 N–H and O–H groups in total. The summed E-state index contributed by atoms with van der Waals surface area (Å²) in [5, 5.41) is 3.47. The average molecular weight is 406 g/mol. The molecule has 3 saturated heterocycles. The zero-order chi connectivity index (χ0) is 19.0. The van der Waals surface area contributed by atoms with Gasteiger partial charge in [-0.2, -0.15) is 0 Å². The van der Waals surface area contributed by atoms with Crippen molar-refractivity contribution >= 4 is 24.2 Å². The lowest BCUT2D eigenvalue weighted by molar-refractivity contribution is -0.139. The molecule has 5 nitrogen and oxygen atoms in total. The zero-order valence-electron chi connectivity index (χ0n) is 16.9. The molecule has 3 fully saturated rings. The van der Waals surface area contributed by atoms with Crippen molar-refractivity contribution in [1.29, 1.82) is 0 Å². The van der Waals surface area contributed by atoms with Crippen molar-refractivity contribution in [3.63, 3.8) is 0 Å². The van der Waals surface area contributed by atoms with Gasteiger partial charge >= 0.3 is 0 Å². The second kappa shape index (κ2) is 8.83. The Balaban J connectivity index is 0.00000225. The molecule has 28 heavy (non-hydrogen) atoms. The number of hydrogen-bond acceptors (Lipinski definition) is 3. The van der Waals surface area contributed by atoms with E-state index in [4.69, 9.17) is 0 Å². The van der Waals surface area contributed by atoms with Crippen molar-refractivity contribution < 1.29 is 9.59 Å². The van der Waals surface area contributed by atoms with E-state index < -0.39 is 0 Å². The number of likely N-dealkylation sites (tertiary alicyclic amines) is 1. The summed E-state index contributed by atoms with van der Waals surface area (Å²) in [4.78, 5) is 30.5. The summed E-state index contributed by atoms with van der Waals surface area (Å²) < 4.78 is 0. The Morgan fingerprint density at radius 2 is 1.71 bits per heavy atom. The Labute approximate surface area is 174 Å². The summed E-state index contributed by atoms with van der Waals surface area (Å²) >= 11 is 0. The van der Waals surface area contributed by atoms with Gasteiger partial charge in [-0.1, -0.05) is 17.2 Å². The molecule has 0 spiro atoms. The summed E-state index contributed by atoms with van der Waals surface area (Å²) in [6.45, 7) is 7.29. The SMILES string of the molecule is Cc1cc(C)cc(C(=O)N2CCCC(C(=O)N3C4CCNCC3CC4)C2)c1.Cl. The van der Waals surface area contributed by atoms with Crippen LogP contribution in [-0.2, 0) is 4.79 Å². The van der Waals surface area contributed by atoms with Crippen molar-refractivity contribution in [2.24, 2.45) is 5.92 Å². The molecule has 3 atom stereocenters. The fourth-order valence-corrected chi connectivity index (χ4v) is 5.20. The third-order valence-corrected chi connectivity index (χ3v) is 6.44. The number of nitrogens with one attached hydrogen (secondary N) is 1. The molecule has 2 amide bonds. The summed E-state index contributed by atoms with van der Waals surface area (Å²) in [7, 11) is 0. The number of fused-ring (bicyclic) bond motifs is 2. The first-order valence-electron chi connectivity index (χ1n) is 10.4. The smallest absolute Gasteiger partial charge is 0.253 e. The van der Waals surface area contributed by atoms with Crippen LogP contribution in [0.15, 0.2) is 18.2 Å². The number of carbonyl (C=O) groups excluding carboxylic acids is 2. The standard InChI is InChI=1S/C22H31N3O2.ClH/c1-15-10-16(2)12-18(11-15)21(26)24-9-3-4-17(14-24)22(27)25-19-5-6-20(25)13-23-8-7-19;/h10-12,17,19-20,23H,3-9,13-14H2,1-2H3;1H. The van der Waals surface area contributed by atoms with Crippen LogP contribution in [0.5, 0.6) is 0 Å². The number of nitrogens with zero attached hydrogens (tertiary/aromatic N) is 2. The number of hydrogen-bond donors (Lipinski definition) is 1. The minimum atomic E-state index is -0.0465. The van der Waals surface area contributed by atoms with Crippen LogP contribution < -0.4 is 5.32 Å². The molecule has 4 rings (SSSR count). The fraction of sp³-hybridized carbons (Fsp3) is 0.636. The highest BCUT2D eigenvalue weighted by molar-refractivity contribution is 5.95. The molecule has 3 aliphatic rings. The molecule has 0 aromatic heterocycles. The van der Waals surface area contributed by atoms with E-state index in [1.807, 2.05) is 30.9 Å². The highest BCUT2D eigenvalue weighted by Gasteiger charge is 2.41. The first-order valence-corrected chi connectivity index (χ1v) is 10.4. The Kier molecular flexibility index (Phi) is 6.66. The number of benzene rings is 1. The molecule has 3 aliphatic heterocycles. The predicted octanol–water partition coefficient (Wildman–Crippen LogP) is 2.93. The molecule has 1 aromatic rings. The number of halogens is 1. The van der Waals surface area contributed by atoms with E-state index in [0.29, 0.717) is 18.6 Å². The molecule has 0 radical (unpaired) electrons. The third-order valence-electron chi connectivity index (χ3n) is 6.44. The van der Waals surface area contributed by atoms with Gasteiger partial charge in [-0.05, 0) is 64.6 Å². The van der Waals surface area contributed by atoms with Gasteiger partial charge in [0.2, 0.25) is 5.91 Å². The molecular formula is C22H32ClN3O2. The molecule has 6 heteroatoms. The van der Waals surface area contributed by atoms with Crippen molar-refractivity contribution in [3.8, 4) is 0 Å². The molecule has 0 saturated carbocycles. The number of amides is 2. The van der Waals surface area contributed by atoms with Gasteiger partial charge in [0.05, 0.1) is 5.92 Å². The molecular weight excluding hydrogens is 374 g/mol. The predicted molar refractivity (Wildman–Crippen MR) is 113 cm³/mol. The van der Waals surface area contributed by atoms with E-state index in [0.717, 1.165) is 68.4 Å². The monoisotopic (exact) mass is 405 g/mol. The lowest BCUT2D eigenvalue weighted by Crippen LogP contribution is -2.50. The maximum Gasteiger partial charge on any atom is 0.253 e. The molecule has 3 heterocycles. The minimum absolute atomic E-state index is 0. The summed E-state index contributed by atoms with van der Waals surface area (Å²) in [6.07, 6.45) is 5.12. The Morgan fingerprint density at radius 1 is 1.00 bits per heavy atom. The van der Waals surface area contributed by atoms with E-state index in [9.17, 15) is 9.59 Å². The van der Waals surface area contributed by atoms with Gasteiger partial charge in [0.1, 0.15) is 0 Å². The number of rotatable bonds is 2. The zero-order valence-corrected chi connectivity index (χ0v) is 17.8. The summed E-state index contributed by atoms with van der Waals surface area (Å²) in [6, 6.07) is 6.74. The second-order valence-electron chi connectivity index (χ2n) is 8.59. The van der Waals surface area contributed by atoms with Crippen molar-refractivity contribution in [3.05, 3.63) is 34.9 Å². The largest absolute Gasteiger partial charge is 0.338 e. The van der Waals surface area contributed by atoms with E-state index in [1.165, 1.54) is 0 Å². The lowest BCUT2D eigenvalue weighted by atomic mass is 9.94. The minimum Gasteiger partial charge on any atom is -0.338 e. The maximum absolute atomic E-state index is 13.3. The number of piperidine rings is 1. The lowest BCUT2D eigenvalue weighted by Gasteiger charge is -2.37. The van der Waals surface area contributed by atoms with Crippen LogP contribution in [0.4, 0.5) is 0 Å². The number of carbonyl (C=O) groups is 2. The van der Waals surface area contributed by atoms with Crippen LogP contribution in [0.1, 0.15) is 53.6 Å². The molecule has 1 aromatic carbocycles.